The topological polar surface area (TPSA) is 66.4 Å². The molecule has 3 rings (SSSR count). The zero-order valence-corrected chi connectivity index (χ0v) is 20.0. The lowest BCUT2D eigenvalue weighted by Crippen LogP contribution is -2.55. The molecule has 0 radical (unpaired) electrons. The summed E-state index contributed by atoms with van der Waals surface area (Å²) in [5.41, 5.74) is -4.37. The minimum absolute atomic E-state index is 0.226. The van der Waals surface area contributed by atoms with Gasteiger partial charge >= 0.3 is 5.51 Å². The smallest absolute Gasteiger partial charge is 0.485 e. The standard InChI is InChI=1S/C18H25Cl2OS.CHF3O3S/c1-12-4-6-14-17(8-12)21-11-22(18(14,2)3)10-13-5-7-15(19)16(20)9-13;2-1(3,4)8(5,6)7/h5,7,9,12,14,17H,4,6,8,10-11H2,1-3H3;(H,5,6,7)/q+1;/p-1/t12-,14-,17-,22?;/m1./s1. The van der Waals surface area contributed by atoms with E-state index >= 15 is 0 Å². The first-order valence-corrected chi connectivity index (χ1v) is 13.1. The van der Waals surface area contributed by atoms with Gasteiger partial charge in [-0.15, -0.1) is 0 Å². The van der Waals surface area contributed by atoms with Crippen LogP contribution in [0.5, 0.6) is 0 Å². The van der Waals surface area contributed by atoms with Gasteiger partial charge in [-0.1, -0.05) is 42.6 Å². The van der Waals surface area contributed by atoms with Crippen molar-refractivity contribution in [3.05, 3.63) is 33.8 Å². The molecule has 0 spiro atoms. The molecule has 1 aromatic rings. The third-order valence-corrected chi connectivity index (χ3v) is 9.92. The minimum Gasteiger partial charge on any atom is -0.741 e. The fourth-order valence-corrected chi connectivity index (χ4v) is 6.60. The van der Waals surface area contributed by atoms with Crippen molar-refractivity contribution in [3.63, 3.8) is 0 Å². The normalized spacial score (nSPS) is 28.8. The van der Waals surface area contributed by atoms with E-state index in [9.17, 15) is 13.2 Å². The number of halogens is 5. The first kappa shape index (κ1) is 26.1. The highest BCUT2D eigenvalue weighted by Crippen LogP contribution is 2.46. The molecule has 1 aromatic carbocycles. The first-order chi connectivity index (χ1) is 13.6. The van der Waals surface area contributed by atoms with E-state index in [1.807, 2.05) is 12.1 Å². The molecule has 2 aliphatic rings. The average Bonchev–Trinajstić information content (AvgIpc) is 2.59. The molecule has 4 atom stereocenters. The summed E-state index contributed by atoms with van der Waals surface area (Å²) in [7, 11) is -5.86. The van der Waals surface area contributed by atoms with Gasteiger partial charge < -0.3 is 9.29 Å². The number of fused-ring (bicyclic) bond motifs is 1. The lowest BCUT2D eigenvalue weighted by Gasteiger charge is -2.46. The molecule has 172 valence electrons. The molecule has 1 heterocycles. The Morgan fingerprint density at radius 3 is 2.37 bits per heavy atom. The van der Waals surface area contributed by atoms with Crippen molar-refractivity contribution in [2.75, 3.05) is 5.94 Å². The average molecular weight is 509 g/mol. The maximum absolute atomic E-state index is 10.7. The summed E-state index contributed by atoms with van der Waals surface area (Å²) in [5, 5.41) is 1.29. The van der Waals surface area contributed by atoms with Gasteiger partial charge in [0.05, 0.1) is 16.1 Å². The molecule has 11 heteroatoms. The second kappa shape index (κ2) is 9.75. The third kappa shape index (κ3) is 6.42. The third-order valence-electron chi connectivity index (χ3n) is 5.72. The van der Waals surface area contributed by atoms with Crippen LogP contribution in [0, 0.1) is 11.8 Å². The van der Waals surface area contributed by atoms with Crippen LogP contribution in [0.25, 0.3) is 0 Å². The first-order valence-electron chi connectivity index (χ1n) is 9.38. The number of alkyl halides is 3. The van der Waals surface area contributed by atoms with Gasteiger partial charge in [-0.25, -0.2) is 8.42 Å². The lowest BCUT2D eigenvalue weighted by atomic mass is 9.75. The highest BCUT2D eigenvalue weighted by molar-refractivity contribution is 7.97. The molecule has 1 aliphatic heterocycles. The number of ether oxygens (including phenoxy) is 1. The molecule has 1 saturated heterocycles. The van der Waals surface area contributed by atoms with Crippen molar-refractivity contribution in [1.29, 1.82) is 0 Å². The number of hydrogen-bond donors (Lipinski definition) is 0. The van der Waals surface area contributed by atoms with Crippen LogP contribution in [0.3, 0.4) is 0 Å². The number of hydrogen-bond acceptors (Lipinski definition) is 4. The van der Waals surface area contributed by atoms with Crippen LogP contribution >= 0.6 is 23.2 Å². The summed E-state index contributed by atoms with van der Waals surface area (Å²) < 4.78 is 65.5. The fourth-order valence-electron chi connectivity index (χ4n) is 3.90. The molecule has 0 amide bonds. The lowest BCUT2D eigenvalue weighted by molar-refractivity contribution is -0.0517. The van der Waals surface area contributed by atoms with E-state index in [0.717, 1.165) is 17.6 Å². The predicted molar refractivity (Wildman–Crippen MR) is 114 cm³/mol. The van der Waals surface area contributed by atoms with Crippen LogP contribution < -0.4 is 0 Å². The molecule has 0 aromatic heterocycles. The van der Waals surface area contributed by atoms with Crippen molar-refractivity contribution < 1.29 is 30.9 Å². The Labute approximate surface area is 188 Å². The van der Waals surface area contributed by atoms with Crippen LogP contribution in [0.2, 0.25) is 10.0 Å². The van der Waals surface area contributed by atoms with Crippen LogP contribution in [-0.4, -0.2) is 35.3 Å². The molecule has 1 saturated carbocycles. The summed E-state index contributed by atoms with van der Waals surface area (Å²) in [6, 6.07) is 6.03. The van der Waals surface area contributed by atoms with Crippen molar-refractivity contribution in [1.82, 2.24) is 0 Å². The maximum Gasteiger partial charge on any atom is 0.485 e. The van der Waals surface area contributed by atoms with Crippen molar-refractivity contribution in [3.8, 4) is 0 Å². The molecule has 30 heavy (non-hydrogen) atoms. The molecule has 0 bridgehead atoms. The predicted octanol–water partition coefficient (Wildman–Crippen LogP) is 5.73. The van der Waals surface area contributed by atoms with E-state index < -0.39 is 15.6 Å². The zero-order chi connectivity index (χ0) is 22.9. The van der Waals surface area contributed by atoms with Gasteiger partial charge in [0.15, 0.2) is 10.1 Å². The van der Waals surface area contributed by atoms with Gasteiger partial charge in [0.25, 0.3) is 0 Å². The van der Waals surface area contributed by atoms with Gasteiger partial charge in [0.2, 0.25) is 5.94 Å². The molecule has 1 unspecified atom stereocenters. The number of rotatable bonds is 2. The second-order valence-electron chi connectivity index (χ2n) is 8.24. The quantitative estimate of drug-likeness (QED) is 0.290. The monoisotopic (exact) mass is 508 g/mol. The Bertz CT molecular complexity index is 847. The molecule has 4 nitrogen and oxygen atoms in total. The molecule has 2 fully saturated rings. The summed E-state index contributed by atoms with van der Waals surface area (Å²) in [6.45, 7) is 7.25. The van der Waals surface area contributed by atoms with Gasteiger partial charge in [-0.05, 0) is 44.7 Å². The summed E-state index contributed by atoms with van der Waals surface area (Å²) in [6.07, 6.45) is 4.36. The molecular weight excluding hydrogens is 484 g/mol. The summed E-state index contributed by atoms with van der Waals surface area (Å²) in [5.74, 6) is 3.44. The molecule has 1 aliphatic carbocycles. The fraction of sp³-hybridized carbons (Fsp3) is 0.684. The van der Waals surface area contributed by atoms with E-state index in [1.54, 1.807) is 0 Å². The number of benzene rings is 1. The van der Waals surface area contributed by atoms with Gasteiger partial charge in [0.1, 0.15) is 10.5 Å². The van der Waals surface area contributed by atoms with E-state index in [2.05, 4.69) is 26.8 Å². The molecule has 0 N–H and O–H groups in total. The van der Waals surface area contributed by atoms with Gasteiger partial charge in [-0.3, -0.25) is 0 Å². The molecular formula is C19H25Cl2F3O4S2. The Balaban J connectivity index is 0.000000343. The van der Waals surface area contributed by atoms with E-state index in [0.29, 0.717) is 26.8 Å². The Kier molecular flexibility index (Phi) is 8.47. The Morgan fingerprint density at radius 1 is 1.23 bits per heavy atom. The Morgan fingerprint density at radius 2 is 1.83 bits per heavy atom. The van der Waals surface area contributed by atoms with Gasteiger partial charge in [0, 0.05) is 22.4 Å². The van der Waals surface area contributed by atoms with Gasteiger partial charge in [-0.2, -0.15) is 13.2 Å². The highest BCUT2D eigenvalue weighted by atomic mass is 35.5. The highest BCUT2D eigenvalue weighted by Gasteiger charge is 2.54. The van der Waals surface area contributed by atoms with E-state index in [4.69, 9.17) is 40.9 Å². The maximum atomic E-state index is 10.7. The SMILES string of the molecule is C[C@@H]1CC[C@@H]2[C@@H](C1)OC[S+](Cc1ccc(Cl)c(Cl)c1)C2(C)C.O=S(=O)([O-])C(F)(F)F. The van der Waals surface area contributed by atoms with Crippen molar-refractivity contribution in [2.45, 2.75) is 62.1 Å². The van der Waals surface area contributed by atoms with Crippen LogP contribution in [0.4, 0.5) is 13.2 Å². The van der Waals surface area contributed by atoms with E-state index in [1.165, 1.54) is 24.8 Å². The second-order valence-corrected chi connectivity index (χ2v) is 13.0. The van der Waals surface area contributed by atoms with E-state index in [-0.39, 0.29) is 10.9 Å². The van der Waals surface area contributed by atoms with Crippen LogP contribution in [-0.2, 0) is 31.5 Å². The Hall–Kier alpha value is -0.190. The largest absolute Gasteiger partial charge is 0.741 e. The minimum atomic E-state index is -6.09. The van der Waals surface area contributed by atoms with Crippen LogP contribution in [0.1, 0.15) is 45.6 Å². The zero-order valence-electron chi connectivity index (χ0n) is 16.8. The van der Waals surface area contributed by atoms with Crippen molar-refractivity contribution >= 4 is 44.2 Å². The summed E-state index contributed by atoms with van der Waals surface area (Å²) in [4.78, 5) is 0. The van der Waals surface area contributed by atoms with Crippen molar-refractivity contribution in [2.24, 2.45) is 11.8 Å². The summed E-state index contributed by atoms with van der Waals surface area (Å²) >= 11 is 12.2. The van der Waals surface area contributed by atoms with Crippen LogP contribution in [0.15, 0.2) is 18.2 Å².